The van der Waals surface area contributed by atoms with Crippen LogP contribution < -0.4 is 9.47 Å². The zero-order valence-electron chi connectivity index (χ0n) is 10.3. The third-order valence-electron chi connectivity index (χ3n) is 2.42. The highest BCUT2D eigenvalue weighted by molar-refractivity contribution is 7.10. The Kier molecular flexibility index (Phi) is 4.16. The minimum Gasteiger partial charge on any atom is -0.493 e. The average Bonchev–Trinajstić information content (AvgIpc) is 2.91. The van der Waals surface area contributed by atoms with Gasteiger partial charge in [0, 0.05) is 10.9 Å². The van der Waals surface area contributed by atoms with Crippen LogP contribution in [0.25, 0.3) is 0 Å². The van der Waals surface area contributed by atoms with Gasteiger partial charge in [-0.3, -0.25) is 4.79 Å². The molecular formula is C14H11NO3S. The van der Waals surface area contributed by atoms with E-state index in [1.165, 1.54) is 24.5 Å². The molecule has 1 aromatic heterocycles. The first-order valence-corrected chi connectivity index (χ1v) is 6.42. The third-order valence-corrected chi connectivity index (χ3v) is 3.29. The molecule has 0 aliphatic carbocycles. The number of esters is 1. The predicted octanol–water partition coefficient (Wildman–Crippen LogP) is 2.78. The number of carbonyl (C=O) groups excluding carboxylic acids is 1. The quantitative estimate of drug-likeness (QED) is 0.635. The number of nitrogens with zero attached hydrogens (tertiary/aromatic N) is 1. The van der Waals surface area contributed by atoms with Crippen molar-refractivity contribution in [2.45, 2.75) is 6.42 Å². The van der Waals surface area contributed by atoms with E-state index in [0.717, 1.165) is 4.88 Å². The number of hydrogen-bond acceptors (Lipinski definition) is 5. The van der Waals surface area contributed by atoms with Crippen LogP contribution in [0.4, 0.5) is 0 Å². The number of hydrogen-bond donors (Lipinski definition) is 0. The molecule has 0 amide bonds. The first-order chi connectivity index (χ1) is 9.22. The van der Waals surface area contributed by atoms with Gasteiger partial charge in [0.15, 0.2) is 11.5 Å². The molecule has 1 heterocycles. The molecule has 0 saturated heterocycles. The molecule has 19 heavy (non-hydrogen) atoms. The summed E-state index contributed by atoms with van der Waals surface area (Å²) >= 11 is 1.50. The monoisotopic (exact) mass is 273 g/mol. The lowest BCUT2D eigenvalue weighted by Crippen LogP contribution is -2.11. The molecule has 0 N–H and O–H groups in total. The van der Waals surface area contributed by atoms with Crippen molar-refractivity contribution in [1.82, 2.24) is 0 Å². The molecule has 1 aromatic carbocycles. The molecule has 0 aliphatic heterocycles. The van der Waals surface area contributed by atoms with Crippen LogP contribution >= 0.6 is 11.3 Å². The summed E-state index contributed by atoms with van der Waals surface area (Å²) < 4.78 is 10.3. The van der Waals surface area contributed by atoms with Crippen LogP contribution in [0.3, 0.4) is 0 Å². The highest BCUT2D eigenvalue weighted by Crippen LogP contribution is 2.28. The summed E-state index contributed by atoms with van der Waals surface area (Å²) in [6, 6.07) is 10.4. The number of nitriles is 1. The first-order valence-electron chi connectivity index (χ1n) is 5.54. The van der Waals surface area contributed by atoms with Gasteiger partial charge in [-0.15, -0.1) is 11.3 Å². The van der Waals surface area contributed by atoms with Crippen molar-refractivity contribution in [3.8, 4) is 17.6 Å². The van der Waals surface area contributed by atoms with Crippen LogP contribution in [0.5, 0.6) is 11.5 Å². The van der Waals surface area contributed by atoms with Crippen molar-refractivity contribution in [3.63, 3.8) is 0 Å². The lowest BCUT2D eigenvalue weighted by atomic mass is 10.2. The fourth-order valence-electron chi connectivity index (χ4n) is 1.54. The van der Waals surface area contributed by atoms with E-state index in [1.807, 2.05) is 23.6 Å². The fraction of sp³-hybridized carbons (Fsp3) is 0.143. The number of rotatable bonds is 4. The lowest BCUT2D eigenvalue weighted by molar-refractivity contribution is -0.133. The summed E-state index contributed by atoms with van der Waals surface area (Å²) in [4.78, 5) is 12.7. The van der Waals surface area contributed by atoms with Crippen molar-refractivity contribution in [2.24, 2.45) is 0 Å². The summed E-state index contributed by atoms with van der Waals surface area (Å²) in [5.74, 6) is 0.340. The highest BCUT2D eigenvalue weighted by Gasteiger charge is 2.12. The molecular weight excluding hydrogens is 262 g/mol. The topological polar surface area (TPSA) is 59.3 Å². The standard InChI is InChI=1S/C14H11NO3S/c1-17-13-7-10(9-15)4-5-12(13)18-14(16)8-11-3-2-6-19-11/h2-7H,8H2,1H3. The van der Waals surface area contributed by atoms with Crippen molar-refractivity contribution in [3.05, 3.63) is 46.2 Å². The number of benzene rings is 1. The van der Waals surface area contributed by atoms with Crippen molar-refractivity contribution >= 4 is 17.3 Å². The fourth-order valence-corrected chi connectivity index (χ4v) is 2.23. The van der Waals surface area contributed by atoms with E-state index in [4.69, 9.17) is 14.7 Å². The normalized spacial score (nSPS) is 9.68. The van der Waals surface area contributed by atoms with Crippen molar-refractivity contribution < 1.29 is 14.3 Å². The van der Waals surface area contributed by atoms with E-state index in [0.29, 0.717) is 17.1 Å². The predicted molar refractivity (Wildman–Crippen MR) is 71.4 cm³/mol. The molecule has 0 aliphatic rings. The van der Waals surface area contributed by atoms with Gasteiger partial charge < -0.3 is 9.47 Å². The Hall–Kier alpha value is -2.32. The van der Waals surface area contributed by atoms with Crippen LogP contribution in [-0.4, -0.2) is 13.1 Å². The Morgan fingerprint density at radius 3 is 2.84 bits per heavy atom. The summed E-state index contributed by atoms with van der Waals surface area (Å²) in [6.07, 6.45) is 0.223. The van der Waals surface area contributed by atoms with E-state index in [1.54, 1.807) is 12.1 Å². The minimum absolute atomic E-state index is 0.223. The average molecular weight is 273 g/mol. The van der Waals surface area contributed by atoms with Crippen LogP contribution in [0.15, 0.2) is 35.7 Å². The van der Waals surface area contributed by atoms with E-state index in [9.17, 15) is 4.79 Å². The number of ether oxygens (including phenoxy) is 2. The molecule has 5 heteroatoms. The molecule has 0 atom stereocenters. The molecule has 0 bridgehead atoms. The number of methoxy groups -OCH3 is 1. The summed E-state index contributed by atoms with van der Waals surface area (Å²) in [5.41, 5.74) is 0.454. The molecule has 0 saturated carbocycles. The van der Waals surface area contributed by atoms with Gasteiger partial charge in [-0.1, -0.05) is 6.07 Å². The first kappa shape index (κ1) is 13.1. The molecule has 4 nitrogen and oxygen atoms in total. The smallest absolute Gasteiger partial charge is 0.316 e. The van der Waals surface area contributed by atoms with Gasteiger partial charge >= 0.3 is 5.97 Å². The molecule has 2 rings (SSSR count). The number of carbonyl (C=O) groups is 1. The SMILES string of the molecule is COc1cc(C#N)ccc1OC(=O)Cc1cccs1. The van der Waals surface area contributed by atoms with Gasteiger partial charge in [0.2, 0.25) is 0 Å². The second-order valence-electron chi connectivity index (χ2n) is 3.71. The van der Waals surface area contributed by atoms with Crippen LogP contribution in [-0.2, 0) is 11.2 Å². The van der Waals surface area contributed by atoms with E-state index < -0.39 is 0 Å². The molecule has 2 aromatic rings. The molecule has 96 valence electrons. The Labute approximate surface area is 114 Å². The molecule has 0 unspecified atom stereocenters. The van der Waals surface area contributed by atoms with Crippen LogP contribution in [0.1, 0.15) is 10.4 Å². The summed E-state index contributed by atoms with van der Waals surface area (Å²) in [5, 5.41) is 10.7. The summed E-state index contributed by atoms with van der Waals surface area (Å²) in [6.45, 7) is 0. The summed E-state index contributed by atoms with van der Waals surface area (Å²) in [7, 11) is 1.47. The third kappa shape index (κ3) is 3.33. The molecule has 0 spiro atoms. The maximum absolute atomic E-state index is 11.8. The number of thiophene rings is 1. The van der Waals surface area contributed by atoms with Gasteiger partial charge in [-0.25, -0.2) is 0 Å². The Morgan fingerprint density at radius 1 is 1.37 bits per heavy atom. The van der Waals surface area contributed by atoms with Crippen molar-refractivity contribution in [2.75, 3.05) is 7.11 Å². The maximum Gasteiger partial charge on any atom is 0.316 e. The molecule has 0 radical (unpaired) electrons. The van der Waals surface area contributed by atoms with Crippen LogP contribution in [0.2, 0.25) is 0 Å². The van der Waals surface area contributed by atoms with Gasteiger partial charge in [-0.2, -0.15) is 5.26 Å². The van der Waals surface area contributed by atoms with Crippen LogP contribution in [0, 0.1) is 11.3 Å². The highest BCUT2D eigenvalue weighted by atomic mass is 32.1. The Balaban J connectivity index is 2.10. The maximum atomic E-state index is 11.8. The second kappa shape index (κ2) is 6.03. The Bertz CT molecular complexity index is 614. The molecule has 0 fully saturated rings. The van der Waals surface area contributed by atoms with Crippen molar-refractivity contribution in [1.29, 1.82) is 5.26 Å². The van der Waals surface area contributed by atoms with Gasteiger partial charge in [0.05, 0.1) is 25.2 Å². The van der Waals surface area contributed by atoms with E-state index in [-0.39, 0.29) is 12.4 Å². The van der Waals surface area contributed by atoms with Gasteiger partial charge in [0.25, 0.3) is 0 Å². The lowest BCUT2D eigenvalue weighted by Gasteiger charge is -2.08. The zero-order chi connectivity index (χ0) is 13.7. The largest absolute Gasteiger partial charge is 0.493 e. The minimum atomic E-state index is -0.356. The van der Waals surface area contributed by atoms with Gasteiger partial charge in [-0.05, 0) is 23.6 Å². The van der Waals surface area contributed by atoms with E-state index in [2.05, 4.69) is 0 Å². The van der Waals surface area contributed by atoms with Gasteiger partial charge in [0.1, 0.15) is 0 Å². The Morgan fingerprint density at radius 2 is 2.21 bits per heavy atom. The zero-order valence-corrected chi connectivity index (χ0v) is 11.1. The second-order valence-corrected chi connectivity index (χ2v) is 4.74. The van der Waals surface area contributed by atoms with E-state index >= 15 is 0 Å².